The van der Waals surface area contributed by atoms with E-state index in [-0.39, 0.29) is 36.1 Å². The molecule has 0 saturated carbocycles. The lowest BCUT2D eigenvalue weighted by molar-refractivity contribution is -0.159. The van der Waals surface area contributed by atoms with Gasteiger partial charge in [-0.05, 0) is 106 Å². The number of nitrogens with zero attached hydrogens (tertiary/aromatic N) is 2. The summed E-state index contributed by atoms with van der Waals surface area (Å²) in [6.45, 7) is 16.1. The Bertz CT molecular complexity index is 911. The fourth-order valence-corrected chi connectivity index (χ4v) is 5.95. The number of halogens is 2. The SMILES string of the molecule is CC(C)(C)OC(=O)N1CCC2(CCNCC2)C(F)C1.CC(C)(C)OC(=O)N1CCC2(CCNCC2)C(F)C1.O=C(O)C(=O)O. The lowest BCUT2D eigenvalue weighted by Crippen LogP contribution is -2.54. The van der Waals surface area contributed by atoms with Gasteiger partial charge in [-0.15, -0.1) is 0 Å². The number of hydrogen-bond donors (Lipinski definition) is 4. The van der Waals surface area contributed by atoms with E-state index in [0.717, 1.165) is 64.7 Å². The van der Waals surface area contributed by atoms with Crippen LogP contribution < -0.4 is 10.6 Å². The maximum Gasteiger partial charge on any atom is 0.414 e. The second-order valence-corrected chi connectivity index (χ2v) is 14.1. The number of likely N-dealkylation sites (tertiary alicyclic amines) is 2. The standard InChI is InChI=1S/2C14H25FN2O2.C2H2O4/c2*1-13(2,3)19-12(18)17-9-6-14(11(15)10-17)4-7-16-8-5-14;3-1(4)2(5)6/h2*11,16H,4-10H2,1-3H3;(H,3,4)(H,5,6). The first-order chi connectivity index (χ1) is 20.3. The molecule has 44 heavy (non-hydrogen) atoms. The van der Waals surface area contributed by atoms with Crippen molar-refractivity contribution < 1.29 is 47.6 Å². The van der Waals surface area contributed by atoms with Crippen molar-refractivity contribution in [2.24, 2.45) is 10.8 Å². The molecule has 14 heteroatoms. The van der Waals surface area contributed by atoms with E-state index in [9.17, 15) is 18.4 Å². The molecule has 0 radical (unpaired) electrons. The largest absolute Gasteiger partial charge is 0.473 e. The number of aliphatic carboxylic acids is 2. The predicted molar refractivity (Wildman–Crippen MR) is 159 cm³/mol. The average molecular weight is 635 g/mol. The van der Waals surface area contributed by atoms with E-state index >= 15 is 0 Å². The van der Waals surface area contributed by atoms with Gasteiger partial charge >= 0.3 is 24.1 Å². The van der Waals surface area contributed by atoms with E-state index in [1.54, 1.807) is 0 Å². The minimum absolute atomic E-state index is 0.176. The molecule has 4 aliphatic rings. The number of alkyl halides is 2. The van der Waals surface area contributed by atoms with Crippen molar-refractivity contribution >= 4 is 24.1 Å². The maximum atomic E-state index is 14.5. The first-order valence-electron chi connectivity index (χ1n) is 15.4. The van der Waals surface area contributed by atoms with Gasteiger partial charge in [-0.25, -0.2) is 28.0 Å². The number of carboxylic acids is 2. The van der Waals surface area contributed by atoms with E-state index < -0.39 is 35.5 Å². The van der Waals surface area contributed by atoms with E-state index in [2.05, 4.69) is 10.6 Å². The number of carbonyl (C=O) groups excluding carboxylic acids is 2. The number of carboxylic acid groups (broad SMARTS) is 2. The van der Waals surface area contributed by atoms with E-state index in [4.69, 9.17) is 29.3 Å². The zero-order chi connectivity index (χ0) is 33.3. The van der Waals surface area contributed by atoms with Crippen LogP contribution in [0.2, 0.25) is 0 Å². The van der Waals surface area contributed by atoms with Gasteiger partial charge in [-0.3, -0.25) is 0 Å². The molecule has 2 amide bonds. The Morgan fingerprint density at radius 1 is 0.636 bits per heavy atom. The van der Waals surface area contributed by atoms with Gasteiger partial charge in [-0.1, -0.05) is 0 Å². The summed E-state index contributed by atoms with van der Waals surface area (Å²) >= 11 is 0. The summed E-state index contributed by atoms with van der Waals surface area (Å²) in [6.07, 6.45) is 2.33. The maximum absolute atomic E-state index is 14.5. The van der Waals surface area contributed by atoms with Gasteiger partial charge in [0.05, 0.1) is 13.1 Å². The predicted octanol–water partition coefficient (Wildman–Crippen LogP) is 3.83. The quantitative estimate of drug-likeness (QED) is 0.289. The lowest BCUT2D eigenvalue weighted by Gasteiger charge is -2.46. The van der Waals surface area contributed by atoms with Gasteiger partial charge in [0.25, 0.3) is 0 Å². The highest BCUT2D eigenvalue weighted by atomic mass is 19.1. The molecule has 0 aromatic heterocycles. The first-order valence-corrected chi connectivity index (χ1v) is 15.4. The Morgan fingerprint density at radius 3 is 1.16 bits per heavy atom. The molecule has 0 aromatic rings. The molecule has 4 saturated heterocycles. The minimum Gasteiger partial charge on any atom is -0.473 e. The Morgan fingerprint density at radius 2 is 0.932 bits per heavy atom. The van der Waals surface area contributed by atoms with Gasteiger partial charge < -0.3 is 40.1 Å². The van der Waals surface area contributed by atoms with Crippen molar-refractivity contribution in [2.75, 3.05) is 52.4 Å². The van der Waals surface area contributed by atoms with Crippen molar-refractivity contribution in [1.29, 1.82) is 0 Å². The van der Waals surface area contributed by atoms with Gasteiger partial charge in [0.1, 0.15) is 23.5 Å². The minimum atomic E-state index is -1.82. The molecular weight excluding hydrogens is 582 g/mol. The Balaban J connectivity index is 0.000000260. The molecule has 4 heterocycles. The molecule has 4 aliphatic heterocycles. The molecule has 254 valence electrons. The number of ether oxygens (including phenoxy) is 2. The van der Waals surface area contributed by atoms with Crippen molar-refractivity contribution in [3.63, 3.8) is 0 Å². The van der Waals surface area contributed by atoms with Crippen LogP contribution in [0, 0.1) is 10.8 Å². The third kappa shape index (κ3) is 11.3. The summed E-state index contributed by atoms with van der Waals surface area (Å²) in [6, 6.07) is 0. The van der Waals surface area contributed by atoms with Crippen molar-refractivity contribution in [3.8, 4) is 0 Å². The molecule has 0 aliphatic carbocycles. The third-order valence-corrected chi connectivity index (χ3v) is 8.53. The van der Waals surface area contributed by atoms with Crippen molar-refractivity contribution in [2.45, 2.75) is 104 Å². The molecule has 2 atom stereocenters. The van der Waals surface area contributed by atoms with Crippen LogP contribution in [0.15, 0.2) is 0 Å². The molecule has 2 unspecified atom stereocenters. The van der Waals surface area contributed by atoms with Gasteiger partial charge in [0.15, 0.2) is 0 Å². The van der Waals surface area contributed by atoms with E-state index in [1.807, 2.05) is 41.5 Å². The van der Waals surface area contributed by atoms with E-state index in [0.29, 0.717) is 13.1 Å². The zero-order valence-electron chi connectivity index (χ0n) is 27.0. The topological polar surface area (TPSA) is 158 Å². The summed E-state index contributed by atoms with van der Waals surface area (Å²) in [4.78, 5) is 45.1. The highest BCUT2D eigenvalue weighted by molar-refractivity contribution is 6.27. The number of carbonyl (C=O) groups is 4. The summed E-state index contributed by atoms with van der Waals surface area (Å²) in [5.41, 5.74) is -1.48. The number of nitrogens with one attached hydrogen (secondary N) is 2. The Hall–Kier alpha value is -2.74. The van der Waals surface area contributed by atoms with Crippen molar-refractivity contribution in [3.05, 3.63) is 0 Å². The molecule has 12 nitrogen and oxygen atoms in total. The van der Waals surface area contributed by atoms with Gasteiger partial charge in [-0.2, -0.15) is 0 Å². The van der Waals surface area contributed by atoms with Crippen LogP contribution in [0.5, 0.6) is 0 Å². The summed E-state index contributed by atoms with van der Waals surface area (Å²) in [7, 11) is 0. The van der Waals surface area contributed by atoms with Crippen LogP contribution in [-0.2, 0) is 19.1 Å². The van der Waals surface area contributed by atoms with Gasteiger partial charge in [0.2, 0.25) is 0 Å². The van der Waals surface area contributed by atoms with Crippen LogP contribution >= 0.6 is 0 Å². The second-order valence-electron chi connectivity index (χ2n) is 14.1. The van der Waals surface area contributed by atoms with Crippen molar-refractivity contribution in [1.82, 2.24) is 20.4 Å². The molecule has 4 N–H and O–H groups in total. The average Bonchev–Trinajstić information content (AvgIpc) is 2.92. The Kier molecular flexibility index (Phi) is 13.2. The summed E-state index contributed by atoms with van der Waals surface area (Å²) in [5.74, 6) is -3.65. The number of amides is 2. The second kappa shape index (κ2) is 15.5. The molecule has 2 spiro atoms. The van der Waals surface area contributed by atoms with Gasteiger partial charge in [0, 0.05) is 23.9 Å². The monoisotopic (exact) mass is 634 g/mol. The van der Waals surface area contributed by atoms with Crippen LogP contribution in [-0.4, -0.2) is 120 Å². The van der Waals surface area contributed by atoms with Crippen LogP contribution in [0.25, 0.3) is 0 Å². The molecule has 0 bridgehead atoms. The smallest absolute Gasteiger partial charge is 0.414 e. The van der Waals surface area contributed by atoms with Crippen LogP contribution in [0.1, 0.15) is 80.1 Å². The Labute approximate surface area is 259 Å². The summed E-state index contributed by atoms with van der Waals surface area (Å²) < 4.78 is 39.6. The molecule has 4 rings (SSSR count). The normalized spacial score (nSPS) is 24.6. The number of rotatable bonds is 0. The molecular formula is C30H52F2N4O8. The molecule has 4 fully saturated rings. The highest BCUT2D eigenvalue weighted by Crippen LogP contribution is 2.42. The number of piperidine rings is 4. The van der Waals surface area contributed by atoms with Crippen LogP contribution in [0.4, 0.5) is 18.4 Å². The zero-order valence-corrected chi connectivity index (χ0v) is 27.0. The summed E-state index contributed by atoms with van der Waals surface area (Å²) in [5, 5.41) is 21.3. The van der Waals surface area contributed by atoms with E-state index in [1.165, 1.54) is 9.80 Å². The fourth-order valence-electron chi connectivity index (χ4n) is 5.95. The third-order valence-electron chi connectivity index (χ3n) is 8.53. The highest BCUT2D eigenvalue weighted by Gasteiger charge is 2.46. The number of hydrogen-bond acceptors (Lipinski definition) is 8. The fraction of sp³-hybridized carbons (Fsp3) is 0.867. The van der Waals surface area contributed by atoms with Crippen LogP contribution in [0.3, 0.4) is 0 Å². The first kappa shape index (κ1) is 37.4. The molecule has 0 aromatic carbocycles. The lowest BCUT2D eigenvalue weighted by atomic mass is 9.70.